The Balaban J connectivity index is 1.24. The van der Waals surface area contributed by atoms with Crippen LogP contribution in [0.25, 0.3) is 39.0 Å². The summed E-state index contributed by atoms with van der Waals surface area (Å²) in [4.78, 5) is 2.28. The Kier molecular flexibility index (Phi) is 8.74. The van der Waals surface area contributed by atoms with Gasteiger partial charge in [0.05, 0.1) is 0 Å². The Morgan fingerprint density at radius 1 is 0.574 bits per heavy atom. The van der Waals surface area contributed by atoms with Gasteiger partial charge in [0.2, 0.25) is 0 Å². The third-order valence-electron chi connectivity index (χ3n) is 8.27. The highest BCUT2D eigenvalue weighted by atomic mass is 16.3. The highest BCUT2D eigenvalue weighted by Crippen LogP contribution is 2.36. The van der Waals surface area contributed by atoms with Gasteiger partial charge < -0.3 is 9.32 Å². The first-order valence-corrected chi connectivity index (χ1v) is 15.9. The molecule has 1 heterocycles. The van der Waals surface area contributed by atoms with Crippen molar-refractivity contribution in [2.45, 2.75) is 6.42 Å². The highest BCUT2D eigenvalue weighted by Gasteiger charge is 2.13. The summed E-state index contributed by atoms with van der Waals surface area (Å²) >= 11 is 0. The molecule has 6 aromatic carbocycles. The fourth-order valence-electron chi connectivity index (χ4n) is 5.96. The van der Waals surface area contributed by atoms with E-state index in [1.807, 2.05) is 42.5 Å². The second kappa shape index (κ2) is 13.9. The van der Waals surface area contributed by atoms with Crippen LogP contribution < -0.4 is 4.90 Å². The third kappa shape index (κ3) is 6.78. The molecule has 2 heteroatoms. The quantitative estimate of drug-likeness (QED) is 0.144. The summed E-state index contributed by atoms with van der Waals surface area (Å²) < 4.78 is 6.30. The lowest BCUT2D eigenvalue weighted by Crippen LogP contribution is -2.09. The second-order valence-electron chi connectivity index (χ2n) is 11.4. The van der Waals surface area contributed by atoms with Crippen LogP contribution in [-0.4, -0.2) is 0 Å². The third-order valence-corrected chi connectivity index (χ3v) is 8.27. The van der Waals surface area contributed by atoms with Gasteiger partial charge in [-0.2, -0.15) is 0 Å². The predicted octanol–water partition coefficient (Wildman–Crippen LogP) is 12.6. The molecule has 0 saturated heterocycles. The van der Waals surface area contributed by atoms with Gasteiger partial charge in [-0.1, -0.05) is 134 Å². The van der Waals surface area contributed by atoms with E-state index in [9.17, 15) is 0 Å². The van der Waals surface area contributed by atoms with Crippen molar-refractivity contribution in [2.75, 3.05) is 4.90 Å². The van der Waals surface area contributed by atoms with Gasteiger partial charge in [-0.15, -0.1) is 0 Å². The topological polar surface area (TPSA) is 16.4 Å². The molecular formula is C45H35NO. The molecule has 0 spiro atoms. The number of nitrogens with zero attached hydrogens (tertiary/aromatic N) is 1. The molecule has 0 aliphatic rings. The Bertz CT molecular complexity index is 2080. The first-order valence-electron chi connectivity index (χ1n) is 15.9. The maximum absolute atomic E-state index is 6.30. The zero-order chi connectivity index (χ0) is 31.8. The van der Waals surface area contributed by atoms with Crippen molar-refractivity contribution >= 4 is 33.6 Å². The van der Waals surface area contributed by atoms with E-state index in [2.05, 4.69) is 157 Å². The largest absolute Gasteiger partial charge is 0.456 e. The summed E-state index contributed by atoms with van der Waals surface area (Å²) in [5, 5.41) is 1.10. The van der Waals surface area contributed by atoms with Crippen LogP contribution in [0.3, 0.4) is 0 Å². The first kappa shape index (κ1) is 29.6. The van der Waals surface area contributed by atoms with Crippen LogP contribution in [0.15, 0.2) is 199 Å². The number of para-hydroxylation sites is 3. The van der Waals surface area contributed by atoms with E-state index in [4.69, 9.17) is 4.42 Å². The Morgan fingerprint density at radius 3 is 1.83 bits per heavy atom. The number of hydrogen-bond acceptors (Lipinski definition) is 2. The van der Waals surface area contributed by atoms with Crippen molar-refractivity contribution < 1.29 is 4.42 Å². The van der Waals surface area contributed by atoms with E-state index in [1.54, 1.807) is 0 Å². The number of anilines is 3. The number of benzene rings is 6. The lowest BCUT2D eigenvalue weighted by Gasteiger charge is -2.25. The average Bonchev–Trinajstić information content (AvgIpc) is 3.58. The molecule has 47 heavy (non-hydrogen) atoms. The maximum Gasteiger partial charge on any atom is 0.135 e. The number of fused-ring (bicyclic) bond motifs is 1. The van der Waals surface area contributed by atoms with E-state index >= 15 is 0 Å². The first-order chi connectivity index (χ1) is 23.2. The molecule has 1 aromatic heterocycles. The van der Waals surface area contributed by atoms with Gasteiger partial charge in [-0.05, 0) is 94.9 Å². The van der Waals surface area contributed by atoms with Crippen LogP contribution in [0.1, 0.15) is 11.1 Å². The molecule has 2 nitrogen and oxygen atoms in total. The average molecular weight is 606 g/mol. The number of furan rings is 1. The van der Waals surface area contributed by atoms with Gasteiger partial charge in [-0.3, -0.25) is 0 Å². The van der Waals surface area contributed by atoms with Gasteiger partial charge in [-0.25, -0.2) is 0 Å². The van der Waals surface area contributed by atoms with E-state index in [1.165, 1.54) is 16.7 Å². The van der Waals surface area contributed by atoms with E-state index in [0.717, 1.165) is 56.9 Å². The normalized spacial score (nSPS) is 11.6. The molecular weight excluding hydrogens is 571 g/mol. The monoisotopic (exact) mass is 605 g/mol. The maximum atomic E-state index is 6.30. The minimum Gasteiger partial charge on any atom is -0.456 e. The number of allylic oxidation sites excluding steroid dienone is 5. The van der Waals surface area contributed by atoms with Crippen molar-refractivity contribution in [1.82, 2.24) is 0 Å². The van der Waals surface area contributed by atoms with E-state index in [-0.39, 0.29) is 0 Å². The number of hydrogen-bond donors (Lipinski definition) is 0. The van der Waals surface area contributed by atoms with Crippen LogP contribution in [0.2, 0.25) is 0 Å². The zero-order valence-electron chi connectivity index (χ0n) is 26.2. The zero-order valence-corrected chi connectivity index (χ0v) is 26.2. The van der Waals surface area contributed by atoms with Gasteiger partial charge >= 0.3 is 0 Å². The van der Waals surface area contributed by atoms with E-state index in [0.29, 0.717) is 0 Å². The van der Waals surface area contributed by atoms with Crippen molar-refractivity contribution in [3.05, 3.63) is 206 Å². The molecule has 0 unspecified atom stereocenters. The SMILES string of the molecule is C=C/C=C\C(=C/Cc1cc(-c2ccccc2)cc(-c2cc3ccccc3o2)c1)c1ccc(N(c2ccccc2)c2ccccc2)cc1. The molecule has 0 fully saturated rings. The van der Waals surface area contributed by atoms with Crippen LogP contribution in [0.5, 0.6) is 0 Å². The van der Waals surface area contributed by atoms with Gasteiger partial charge in [0, 0.05) is 28.0 Å². The molecule has 0 N–H and O–H groups in total. The Morgan fingerprint density at radius 2 is 1.17 bits per heavy atom. The van der Waals surface area contributed by atoms with Crippen LogP contribution in [-0.2, 0) is 6.42 Å². The molecule has 0 atom stereocenters. The smallest absolute Gasteiger partial charge is 0.135 e. The second-order valence-corrected chi connectivity index (χ2v) is 11.4. The standard InChI is InChI=1S/C45H35NO/c1-2-3-15-36(37-26-28-43(29-27-37)46(41-19-9-5-10-20-41)42-21-11-6-12-22-42)25-24-34-30-39(35-16-7-4-8-17-35)32-40(31-34)45-33-38-18-13-14-23-44(38)47-45/h2-23,25-33H,1,24H2/b15-3-,36-25+. The molecule has 0 bridgehead atoms. The molecule has 0 saturated carbocycles. The van der Waals surface area contributed by atoms with Crippen molar-refractivity contribution in [2.24, 2.45) is 0 Å². The summed E-state index contributed by atoms with van der Waals surface area (Å²) in [5.74, 6) is 0.873. The molecule has 0 amide bonds. The fraction of sp³-hybridized carbons (Fsp3) is 0.0222. The lowest BCUT2D eigenvalue weighted by molar-refractivity contribution is 0.631. The summed E-state index contributed by atoms with van der Waals surface area (Å²) in [5.41, 5.74) is 11.1. The van der Waals surface area contributed by atoms with E-state index < -0.39 is 0 Å². The Hall–Kier alpha value is -6.12. The molecule has 7 aromatic rings. The molecule has 0 aliphatic carbocycles. The summed E-state index contributed by atoms with van der Waals surface area (Å²) in [6.07, 6.45) is 9.01. The van der Waals surface area contributed by atoms with Crippen LogP contribution in [0, 0.1) is 0 Å². The predicted molar refractivity (Wildman–Crippen MR) is 199 cm³/mol. The molecule has 0 aliphatic heterocycles. The van der Waals surface area contributed by atoms with Crippen molar-refractivity contribution in [3.8, 4) is 22.5 Å². The summed E-state index contributed by atoms with van der Waals surface area (Å²) in [7, 11) is 0. The van der Waals surface area contributed by atoms with Gasteiger partial charge in [0.25, 0.3) is 0 Å². The Labute approximate surface area is 276 Å². The molecule has 0 radical (unpaired) electrons. The molecule has 226 valence electrons. The number of rotatable bonds is 10. The lowest BCUT2D eigenvalue weighted by atomic mass is 9.96. The molecule has 7 rings (SSSR count). The minimum absolute atomic E-state index is 0.757. The van der Waals surface area contributed by atoms with Gasteiger partial charge in [0.15, 0.2) is 0 Å². The van der Waals surface area contributed by atoms with Crippen molar-refractivity contribution in [3.63, 3.8) is 0 Å². The fourth-order valence-corrected chi connectivity index (χ4v) is 5.96. The highest BCUT2D eigenvalue weighted by molar-refractivity contribution is 5.84. The van der Waals surface area contributed by atoms with Gasteiger partial charge in [0.1, 0.15) is 11.3 Å². The van der Waals surface area contributed by atoms with Crippen molar-refractivity contribution in [1.29, 1.82) is 0 Å². The van der Waals surface area contributed by atoms with Crippen LogP contribution >= 0.6 is 0 Å². The summed E-state index contributed by atoms with van der Waals surface area (Å²) in [6.45, 7) is 3.93. The minimum atomic E-state index is 0.757. The van der Waals surface area contributed by atoms with Crippen LogP contribution in [0.4, 0.5) is 17.1 Å². The summed E-state index contributed by atoms with van der Waals surface area (Å²) in [6, 6.07) is 57.4.